The van der Waals surface area contributed by atoms with E-state index in [-0.39, 0.29) is 12.1 Å². The summed E-state index contributed by atoms with van der Waals surface area (Å²) in [6.07, 6.45) is 2.08. The van der Waals surface area contributed by atoms with Crippen LogP contribution in [0.1, 0.15) is 22.9 Å². The van der Waals surface area contributed by atoms with E-state index < -0.39 is 0 Å². The summed E-state index contributed by atoms with van der Waals surface area (Å²) in [5.74, 6) is 0. The van der Waals surface area contributed by atoms with Crippen LogP contribution in [0.4, 0.5) is 16.2 Å². The first-order valence-corrected chi connectivity index (χ1v) is 10.8. The highest BCUT2D eigenvalue weighted by molar-refractivity contribution is 5.90. The predicted molar refractivity (Wildman–Crippen MR) is 129 cm³/mol. The Morgan fingerprint density at radius 2 is 1.59 bits per heavy atom. The molecule has 0 fully saturated rings. The zero-order valence-corrected chi connectivity index (χ0v) is 18.3. The molecule has 32 heavy (non-hydrogen) atoms. The van der Waals surface area contributed by atoms with Crippen LogP contribution in [0.3, 0.4) is 0 Å². The summed E-state index contributed by atoms with van der Waals surface area (Å²) in [6, 6.07) is 30.2. The topological polar surface area (TPSA) is 40.5 Å². The quantitative estimate of drug-likeness (QED) is 0.461. The molecule has 5 rings (SSSR count). The molecule has 1 aromatic heterocycles. The Kier molecular flexibility index (Phi) is 5.15. The van der Waals surface area contributed by atoms with Gasteiger partial charge in [0, 0.05) is 37.4 Å². The van der Waals surface area contributed by atoms with Gasteiger partial charge in [0.2, 0.25) is 0 Å². The Balaban J connectivity index is 1.62. The second-order valence-corrected chi connectivity index (χ2v) is 8.24. The van der Waals surface area contributed by atoms with Crippen molar-refractivity contribution in [2.75, 3.05) is 24.3 Å². The Labute approximate surface area is 188 Å². The number of aromatic nitrogens is 1. The molecule has 0 bridgehead atoms. The maximum absolute atomic E-state index is 13.6. The van der Waals surface area contributed by atoms with Gasteiger partial charge >= 0.3 is 6.03 Å². The maximum Gasteiger partial charge on any atom is 0.322 e. The summed E-state index contributed by atoms with van der Waals surface area (Å²) >= 11 is 0. The molecule has 2 heterocycles. The average Bonchev–Trinajstić information content (AvgIpc) is 3.24. The van der Waals surface area contributed by atoms with Crippen molar-refractivity contribution in [2.24, 2.45) is 0 Å². The SMILES string of the molecule is CN(C)c1ccc([C@H]2c3cccn3-c3ccccc3CN2C(=O)Nc2ccccc2)cc1. The lowest BCUT2D eigenvalue weighted by atomic mass is 10.0. The van der Waals surface area contributed by atoms with Crippen LogP contribution < -0.4 is 10.2 Å². The van der Waals surface area contributed by atoms with Crippen LogP contribution in [0.2, 0.25) is 0 Å². The van der Waals surface area contributed by atoms with Crippen molar-refractivity contribution in [3.05, 3.63) is 114 Å². The molecule has 0 aliphatic carbocycles. The van der Waals surface area contributed by atoms with Gasteiger partial charge in [0.1, 0.15) is 0 Å². The van der Waals surface area contributed by atoms with Crippen LogP contribution in [-0.2, 0) is 6.54 Å². The molecule has 5 heteroatoms. The number of carbonyl (C=O) groups excluding carboxylic acids is 1. The van der Waals surface area contributed by atoms with Gasteiger partial charge in [-0.25, -0.2) is 4.79 Å². The normalized spacial score (nSPS) is 14.8. The third kappa shape index (κ3) is 3.62. The lowest BCUT2D eigenvalue weighted by molar-refractivity contribution is 0.194. The second kappa shape index (κ2) is 8.27. The number of carbonyl (C=O) groups is 1. The Morgan fingerprint density at radius 1 is 0.875 bits per heavy atom. The van der Waals surface area contributed by atoms with Crippen molar-refractivity contribution in [3.8, 4) is 5.69 Å². The molecule has 5 nitrogen and oxygen atoms in total. The molecule has 1 aliphatic heterocycles. The minimum Gasteiger partial charge on any atom is -0.378 e. The van der Waals surface area contributed by atoms with Crippen molar-refractivity contribution in [1.29, 1.82) is 0 Å². The molecular formula is C27H26N4O. The number of amides is 2. The van der Waals surface area contributed by atoms with E-state index in [1.165, 1.54) is 0 Å². The van der Waals surface area contributed by atoms with Crippen molar-refractivity contribution < 1.29 is 4.79 Å². The monoisotopic (exact) mass is 422 g/mol. The summed E-state index contributed by atoms with van der Waals surface area (Å²) in [5, 5.41) is 3.09. The van der Waals surface area contributed by atoms with E-state index in [4.69, 9.17) is 0 Å². The first kappa shape index (κ1) is 19.9. The van der Waals surface area contributed by atoms with Crippen LogP contribution in [-0.4, -0.2) is 29.6 Å². The van der Waals surface area contributed by atoms with Gasteiger partial charge in [-0.05, 0) is 53.6 Å². The molecule has 0 unspecified atom stereocenters. The highest BCUT2D eigenvalue weighted by Crippen LogP contribution is 2.37. The Morgan fingerprint density at radius 3 is 2.34 bits per heavy atom. The van der Waals surface area contributed by atoms with Crippen LogP contribution in [0.25, 0.3) is 5.69 Å². The number of fused-ring (bicyclic) bond motifs is 3. The molecule has 1 N–H and O–H groups in total. The highest BCUT2D eigenvalue weighted by Gasteiger charge is 2.33. The number of benzene rings is 3. The molecular weight excluding hydrogens is 396 g/mol. The molecule has 1 aliphatic rings. The minimum atomic E-state index is -0.225. The van der Waals surface area contributed by atoms with Gasteiger partial charge in [0.05, 0.1) is 18.3 Å². The van der Waals surface area contributed by atoms with Gasteiger partial charge in [-0.1, -0.05) is 48.5 Å². The van der Waals surface area contributed by atoms with Crippen molar-refractivity contribution in [1.82, 2.24) is 9.47 Å². The number of urea groups is 1. The largest absolute Gasteiger partial charge is 0.378 e. The number of para-hydroxylation sites is 2. The summed E-state index contributed by atoms with van der Waals surface area (Å²) < 4.78 is 2.20. The van der Waals surface area contributed by atoms with E-state index in [1.807, 2.05) is 67.5 Å². The van der Waals surface area contributed by atoms with E-state index in [0.717, 1.165) is 33.9 Å². The van der Waals surface area contributed by atoms with Crippen molar-refractivity contribution >= 4 is 17.4 Å². The standard InChI is InChI=1S/C27H26N4O/c1-29(2)23-16-14-20(15-17-23)26-25-13-8-18-30(25)24-12-7-6-9-21(24)19-31(26)27(32)28-22-10-4-3-5-11-22/h3-18,26H,19H2,1-2H3,(H,28,32)/t26-/m0/s1. The van der Waals surface area contributed by atoms with E-state index in [9.17, 15) is 4.79 Å². The molecule has 2 amide bonds. The lowest BCUT2D eigenvalue weighted by Crippen LogP contribution is -2.37. The Hall–Kier alpha value is -3.99. The first-order chi connectivity index (χ1) is 15.6. The summed E-state index contributed by atoms with van der Waals surface area (Å²) in [5.41, 5.74) is 6.27. The molecule has 0 spiro atoms. The predicted octanol–water partition coefficient (Wildman–Crippen LogP) is 5.68. The maximum atomic E-state index is 13.6. The molecule has 0 saturated carbocycles. The number of rotatable bonds is 3. The van der Waals surface area contributed by atoms with E-state index in [1.54, 1.807) is 0 Å². The fourth-order valence-electron chi connectivity index (χ4n) is 4.36. The van der Waals surface area contributed by atoms with Crippen molar-refractivity contribution in [2.45, 2.75) is 12.6 Å². The zero-order valence-electron chi connectivity index (χ0n) is 18.3. The molecule has 4 aromatic rings. The van der Waals surface area contributed by atoms with E-state index in [2.05, 4.69) is 63.4 Å². The molecule has 1 atom stereocenters. The first-order valence-electron chi connectivity index (χ1n) is 10.8. The van der Waals surface area contributed by atoms with Gasteiger partial charge in [0.25, 0.3) is 0 Å². The third-order valence-electron chi connectivity index (χ3n) is 5.98. The lowest BCUT2D eigenvalue weighted by Gasteiger charge is -2.31. The van der Waals surface area contributed by atoms with Gasteiger partial charge in [-0.15, -0.1) is 0 Å². The zero-order chi connectivity index (χ0) is 22.1. The second-order valence-electron chi connectivity index (χ2n) is 8.24. The van der Waals surface area contributed by atoms with E-state index >= 15 is 0 Å². The molecule has 3 aromatic carbocycles. The van der Waals surface area contributed by atoms with Crippen LogP contribution >= 0.6 is 0 Å². The van der Waals surface area contributed by atoms with Crippen LogP contribution in [0, 0.1) is 0 Å². The number of hydrogen-bond donors (Lipinski definition) is 1. The highest BCUT2D eigenvalue weighted by atomic mass is 16.2. The smallest absolute Gasteiger partial charge is 0.322 e. The summed E-state index contributed by atoms with van der Waals surface area (Å²) in [7, 11) is 4.06. The third-order valence-corrected chi connectivity index (χ3v) is 5.98. The number of anilines is 2. The van der Waals surface area contributed by atoms with Crippen LogP contribution in [0.15, 0.2) is 97.2 Å². The van der Waals surface area contributed by atoms with Gasteiger partial charge < -0.3 is 19.7 Å². The van der Waals surface area contributed by atoms with Gasteiger partial charge in [-0.2, -0.15) is 0 Å². The molecule has 0 radical (unpaired) electrons. The Bertz CT molecular complexity index is 1230. The van der Waals surface area contributed by atoms with Gasteiger partial charge in [0.15, 0.2) is 0 Å². The number of hydrogen-bond acceptors (Lipinski definition) is 2. The summed E-state index contributed by atoms with van der Waals surface area (Å²) in [6.45, 7) is 0.511. The van der Waals surface area contributed by atoms with Gasteiger partial charge in [-0.3, -0.25) is 0 Å². The molecule has 160 valence electrons. The number of nitrogens with one attached hydrogen (secondary N) is 1. The average molecular weight is 423 g/mol. The fraction of sp³-hybridized carbons (Fsp3) is 0.148. The summed E-state index contributed by atoms with van der Waals surface area (Å²) in [4.78, 5) is 17.6. The van der Waals surface area contributed by atoms with E-state index in [0.29, 0.717) is 6.54 Å². The van der Waals surface area contributed by atoms with Crippen LogP contribution in [0.5, 0.6) is 0 Å². The molecule has 0 saturated heterocycles. The van der Waals surface area contributed by atoms with Crippen molar-refractivity contribution in [3.63, 3.8) is 0 Å². The number of nitrogens with zero attached hydrogens (tertiary/aromatic N) is 3. The minimum absolute atomic E-state index is 0.123. The fourth-order valence-corrected chi connectivity index (χ4v) is 4.36.